The zero-order valence-electron chi connectivity index (χ0n) is 12.2. The minimum atomic E-state index is -0.363. The number of hydrogen-bond donors (Lipinski definition) is 1. The van der Waals surface area contributed by atoms with E-state index in [2.05, 4.69) is 10.5 Å². The summed E-state index contributed by atoms with van der Waals surface area (Å²) < 4.78 is 0. The Bertz CT molecular complexity index is 789. The Labute approximate surface area is 138 Å². The van der Waals surface area contributed by atoms with Crippen molar-refractivity contribution in [2.45, 2.75) is 6.42 Å². The zero-order chi connectivity index (χ0) is 16.2. The Morgan fingerprint density at radius 1 is 1.22 bits per heavy atom. The topological polar surface area (TPSA) is 61.8 Å². The Hall–Kier alpha value is -2.66. The monoisotopic (exact) mass is 327 g/mol. The van der Waals surface area contributed by atoms with E-state index in [1.165, 1.54) is 11.1 Å². The van der Waals surface area contributed by atoms with E-state index >= 15 is 0 Å². The van der Waals surface area contributed by atoms with Gasteiger partial charge in [0.2, 0.25) is 5.91 Å². The summed E-state index contributed by atoms with van der Waals surface area (Å²) in [5.74, 6) is -0.449. The van der Waals surface area contributed by atoms with E-state index in [1.807, 2.05) is 36.4 Å². The molecule has 1 heterocycles. The van der Waals surface area contributed by atoms with Crippen LogP contribution in [0.15, 0.2) is 53.6 Å². The first-order valence-electron chi connectivity index (χ1n) is 7.10. The molecule has 3 rings (SSSR count). The molecule has 0 spiro atoms. The van der Waals surface area contributed by atoms with Gasteiger partial charge in [0, 0.05) is 16.3 Å². The Morgan fingerprint density at radius 2 is 1.96 bits per heavy atom. The molecule has 1 aliphatic heterocycles. The predicted octanol–water partition coefficient (Wildman–Crippen LogP) is 2.38. The number of rotatable bonds is 4. The molecule has 0 saturated carbocycles. The van der Waals surface area contributed by atoms with Gasteiger partial charge < -0.3 is 4.90 Å². The second kappa shape index (κ2) is 6.62. The van der Waals surface area contributed by atoms with E-state index in [0.717, 1.165) is 11.3 Å². The van der Waals surface area contributed by atoms with Crippen LogP contribution in [0.25, 0.3) is 0 Å². The molecule has 0 unspecified atom stereocenters. The quantitative estimate of drug-likeness (QED) is 0.692. The van der Waals surface area contributed by atoms with Crippen LogP contribution >= 0.6 is 11.6 Å². The lowest BCUT2D eigenvalue weighted by Crippen LogP contribution is -2.37. The van der Waals surface area contributed by atoms with Crippen molar-refractivity contribution in [2.75, 3.05) is 11.4 Å². The molecule has 23 heavy (non-hydrogen) atoms. The van der Waals surface area contributed by atoms with Gasteiger partial charge in [-0.05, 0) is 17.7 Å². The number of nitrogens with one attached hydrogen (secondary N) is 1. The number of amides is 2. The fourth-order valence-electron chi connectivity index (χ4n) is 2.42. The molecule has 0 bridgehead atoms. The molecule has 2 aromatic rings. The molecule has 0 radical (unpaired) electrons. The van der Waals surface area contributed by atoms with E-state index in [9.17, 15) is 9.59 Å². The van der Waals surface area contributed by atoms with Crippen LogP contribution in [-0.4, -0.2) is 24.6 Å². The molecule has 116 valence electrons. The van der Waals surface area contributed by atoms with Crippen molar-refractivity contribution in [3.63, 3.8) is 0 Å². The van der Waals surface area contributed by atoms with Crippen LogP contribution in [0, 0.1) is 0 Å². The molecule has 0 saturated heterocycles. The molecule has 6 heteroatoms. The summed E-state index contributed by atoms with van der Waals surface area (Å²) in [6.45, 7) is -0.0598. The molecular weight excluding hydrogens is 314 g/mol. The van der Waals surface area contributed by atoms with Crippen LogP contribution < -0.4 is 10.3 Å². The highest BCUT2D eigenvalue weighted by atomic mass is 35.5. The predicted molar refractivity (Wildman–Crippen MR) is 89.7 cm³/mol. The molecular formula is C17H14ClN3O2. The molecule has 1 N–H and O–H groups in total. The summed E-state index contributed by atoms with van der Waals surface area (Å²) in [5, 5.41) is 4.43. The summed E-state index contributed by atoms with van der Waals surface area (Å²) in [5.41, 5.74) is 4.84. The first kappa shape index (κ1) is 15.2. The smallest absolute Gasteiger partial charge is 0.260 e. The zero-order valence-corrected chi connectivity index (χ0v) is 13.0. The van der Waals surface area contributed by atoms with Gasteiger partial charge >= 0.3 is 0 Å². The maximum atomic E-state index is 12.0. The standard InChI is InChI=1S/C17H14ClN3O2/c18-14-7-3-1-6-13(14)10-19-20-16(22)11-21-15-8-4-2-5-12(15)9-17(21)23/h1-8,10H,9,11H2,(H,20,22)/b19-10+. The molecule has 1 aliphatic rings. The minimum absolute atomic E-state index is 0.0598. The van der Waals surface area contributed by atoms with Crippen LogP contribution in [-0.2, 0) is 16.0 Å². The number of anilines is 1. The lowest BCUT2D eigenvalue weighted by Gasteiger charge is -2.15. The lowest BCUT2D eigenvalue weighted by atomic mass is 10.2. The van der Waals surface area contributed by atoms with Gasteiger partial charge in [0.25, 0.3) is 5.91 Å². The van der Waals surface area contributed by atoms with Crippen molar-refractivity contribution in [1.29, 1.82) is 0 Å². The molecule has 0 fully saturated rings. The van der Waals surface area contributed by atoms with Gasteiger partial charge in [-0.1, -0.05) is 48.0 Å². The summed E-state index contributed by atoms with van der Waals surface area (Å²) >= 11 is 6.00. The molecule has 5 nitrogen and oxygen atoms in total. The second-order valence-electron chi connectivity index (χ2n) is 5.10. The minimum Gasteiger partial charge on any atom is -0.302 e. The number of benzene rings is 2. The number of carbonyl (C=O) groups is 2. The highest BCUT2D eigenvalue weighted by Crippen LogP contribution is 2.27. The highest BCUT2D eigenvalue weighted by molar-refractivity contribution is 6.33. The van der Waals surface area contributed by atoms with Gasteiger partial charge in [0.15, 0.2) is 0 Å². The average Bonchev–Trinajstić information content (AvgIpc) is 2.85. The second-order valence-corrected chi connectivity index (χ2v) is 5.51. The van der Waals surface area contributed by atoms with Crippen LogP contribution in [0.3, 0.4) is 0 Å². The SMILES string of the molecule is O=C(CN1C(=O)Cc2ccccc21)N/N=C/c1ccccc1Cl. The van der Waals surface area contributed by atoms with E-state index in [4.69, 9.17) is 11.6 Å². The molecule has 0 aliphatic carbocycles. The van der Waals surface area contributed by atoms with Gasteiger partial charge in [0.05, 0.1) is 12.6 Å². The van der Waals surface area contributed by atoms with E-state index in [1.54, 1.807) is 12.1 Å². The normalized spacial score (nSPS) is 13.4. The summed E-state index contributed by atoms with van der Waals surface area (Å²) in [6.07, 6.45) is 1.80. The fraction of sp³-hybridized carbons (Fsp3) is 0.118. The van der Waals surface area contributed by atoms with Crippen molar-refractivity contribution in [3.05, 3.63) is 64.7 Å². The van der Waals surface area contributed by atoms with Crippen LogP contribution in [0.4, 0.5) is 5.69 Å². The number of hydrazone groups is 1. The number of carbonyl (C=O) groups excluding carboxylic acids is 2. The van der Waals surface area contributed by atoms with Gasteiger partial charge in [0.1, 0.15) is 6.54 Å². The first-order chi connectivity index (χ1) is 11.1. The summed E-state index contributed by atoms with van der Waals surface area (Å²) in [4.78, 5) is 25.4. The highest BCUT2D eigenvalue weighted by Gasteiger charge is 2.28. The van der Waals surface area contributed by atoms with Crippen molar-refractivity contribution in [2.24, 2.45) is 5.10 Å². The van der Waals surface area contributed by atoms with Gasteiger partial charge in [-0.15, -0.1) is 0 Å². The number of nitrogens with zero attached hydrogens (tertiary/aromatic N) is 2. The van der Waals surface area contributed by atoms with E-state index < -0.39 is 0 Å². The van der Waals surface area contributed by atoms with Gasteiger partial charge in [-0.25, -0.2) is 5.43 Å². The van der Waals surface area contributed by atoms with Crippen LogP contribution in [0.5, 0.6) is 0 Å². The fourth-order valence-corrected chi connectivity index (χ4v) is 2.61. The van der Waals surface area contributed by atoms with E-state index in [0.29, 0.717) is 17.0 Å². The molecule has 2 aromatic carbocycles. The van der Waals surface area contributed by atoms with Crippen LogP contribution in [0.2, 0.25) is 5.02 Å². The molecule has 2 amide bonds. The lowest BCUT2D eigenvalue weighted by molar-refractivity contribution is -0.123. The van der Waals surface area contributed by atoms with Gasteiger partial charge in [-0.2, -0.15) is 5.10 Å². The van der Waals surface area contributed by atoms with Gasteiger partial charge in [-0.3, -0.25) is 9.59 Å². The Morgan fingerprint density at radius 3 is 2.78 bits per heavy atom. The summed E-state index contributed by atoms with van der Waals surface area (Å²) in [7, 11) is 0. The molecule has 0 aromatic heterocycles. The number of hydrogen-bond acceptors (Lipinski definition) is 3. The molecule has 0 atom stereocenters. The Kier molecular flexibility index (Phi) is 4.39. The third-order valence-corrected chi connectivity index (χ3v) is 3.87. The maximum Gasteiger partial charge on any atom is 0.260 e. The van der Waals surface area contributed by atoms with Crippen molar-refractivity contribution < 1.29 is 9.59 Å². The van der Waals surface area contributed by atoms with Crippen molar-refractivity contribution in [3.8, 4) is 0 Å². The summed E-state index contributed by atoms with van der Waals surface area (Å²) in [6, 6.07) is 14.6. The Balaban J connectivity index is 1.62. The number of fused-ring (bicyclic) bond motifs is 1. The third-order valence-electron chi connectivity index (χ3n) is 3.52. The average molecular weight is 328 g/mol. The van der Waals surface area contributed by atoms with E-state index in [-0.39, 0.29) is 18.4 Å². The van der Waals surface area contributed by atoms with Crippen LogP contribution in [0.1, 0.15) is 11.1 Å². The third kappa shape index (κ3) is 3.40. The number of halogens is 1. The number of para-hydroxylation sites is 1. The largest absolute Gasteiger partial charge is 0.302 e. The first-order valence-corrected chi connectivity index (χ1v) is 7.47. The van der Waals surface area contributed by atoms with Crippen molar-refractivity contribution in [1.82, 2.24) is 5.43 Å². The maximum absolute atomic E-state index is 12.0. The van der Waals surface area contributed by atoms with Crippen molar-refractivity contribution >= 4 is 35.3 Å².